The standard InChI is InChI=1S/C20H26N2O3/c1-20(2,3)14-16(13-15-7-5-4-6-8-15)19(25)21-11-12-22-17(23)9-10-18(22)24/h4-10,16H,11-14H2,1-3H3,(H,21,25)/t16-/m1/s1. The number of nitrogens with one attached hydrogen (secondary N) is 1. The second kappa shape index (κ2) is 8.10. The second-order valence-electron chi connectivity index (χ2n) is 7.60. The van der Waals surface area contributed by atoms with Crippen LogP contribution in [0.25, 0.3) is 0 Å². The van der Waals surface area contributed by atoms with Crippen LogP contribution in [0.1, 0.15) is 32.8 Å². The molecule has 5 heteroatoms. The zero-order chi connectivity index (χ0) is 18.4. The van der Waals surface area contributed by atoms with E-state index in [9.17, 15) is 14.4 Å². The number of amides is 3. The molecular weight excluding hydrogens is 316 g/mol. The first kappa shape index (κ1) is 18.9. The lowest BCUT2D eigenvalue weighted by atomic mass is 9.81. The Bertz CT molecular complexity index is 641. The summed E-state index contributed by atoms with van der Waals surface area (Å²) in [7, 11) is 0. The average molecular weight is 342 g/mol. The average Bonchev–Trinajstić information content (AvgIpc) is 2.85. The first-order valence-corrected chi connectivity index (χ1v) is 8.61. The summed E-state index contributed by atoms with van der Waals surface area (Å²) < 4.78 is 0. The fourth-order valence-electron chi connectivity index (χ4n) is 2.98. The molecule has 25 heavy (non-hydrogen) atoms. The van der Waals surface area contributed by atoms with Gasteiger partial charge in [0.1, 0.15) is 0 Å². The third kappa shape index (κ3) is 5.85. The number of nitrogens with zero attached hydrogens (tertiary/aromatic N) is 1. The topological polar surface area (TPSA) is 66.5 Å². The molecule has 1 N–H and O–H groups in total. The minimum absolute atomic E-state index is 0.0294. The van der Waals surface area contributed by atoms with E-state index in [0.717, 1.165) is 16.9 Å². The molecule has 0 aliphatic carbocycles. The van der Waals surface area contributed by atoms with Crippen molar-refractivity contribution in [1.82, 2.24) is 10.2 Å². The van der Waals surface area contributed by atoms with Crippen molar-refractivity contribution in [3.05, 3.63) is 48.0 Å². The highest BCUT2D eigenvalue weighted by Gasteiger charge is 2.26. The quantitative estimate of drug-likeness (QED) is 0.773. The van der Waals surface area contributed by atoms with E-state index in [1.165, 1.54) is 12.2 Å². The lowest BCUT2D eigenvalue weighted by Crippen LogP contribution is -2.41. The fraction of sp³-hybridized carbons (Fsp3) is 0.450. The molecule has 0 spiro atoms. The molecule has 1 aromatic rings. The van der Waals surface area contributed by atoms with Gasteiger partial charge in [-0.25, -0.2) is 0 Å². The van der Waals surface area contributed by atoms with Gasteiger partial charge in [-0.2, -0.15) is 0 Å². The van der Waals surface area contributed by atoms with Crippen LogP contribution in [0.15, 0.2) is 42.5 Å². The number of hydrogen-bond donors (Lipinski definition) is 1. The zero-order valence-corrected chi connectivity index (χ0v) is 15.1. The van der Waals surface area contributed by atoms with Gasteiger partial charge in [-0.3, -0.25) is 19.3 Å². The molecule has 3 amide bonds. The third-order valence-corrected chi connectivity index (χ3v) is 4.09. The number of imide groups is 1. The maximum atomic E-state index is 12.6. The number of carbonyl (C=O) groups excluding carboxylic acids is 3. The first-order chi connectivity index (χ1) is 11.8. The molecule has 1 aliphatic rings. The molecule has 1 aromatic carbocycles. The summed E-state index contributed by atoms with van der Waals surface area (Å²) in [5, 5.41) is 2.88. The Morgan fingerprint density at radius 1 is 1.08 bits per heavy atom. The van der Waals surface area contributed by atoms with Gasteiger partial charge >= 0.3 is 0 Å². The van der Waals surface area contributed by atoms with Gasteiger partial charge in [0.25, 0.3) is 11.8 Å². The molecule has 0 saturated carbocycles. The van der Waals surface area contributed by atoms with E-state index < -0.39 is 0 Å². The molecule has 0 bridgehead atoms. The first-order valence-electron chi connectivity index (χ1n) is 8.61. The molecule has 2 rings (SSSR count). The SMILES string of the molecule is CC(C)(C)C[C@@H](Cc1ccccc1)C(=O)NCCN1C(=O)C=CC1=O. The van der Waals surface area contributed by atoms with Crippen LogP contribution >= 0.6 is 0 Å². The maximum absolute atomic E-state index is 12.6. The Morgan fingerprint density at radius 2 is 1.68 bits per heavy atom. The molecule has 1 aliphatic heterocycles. The predicted octanol–water partition coefficient (Wildman–Crippen LogP) is 2.32. The summed E-state index contributed by atoms with van der Waals surface area (Å²) in [6.07, 6.45) is 3.94. The van der Waals surface area contributed by atoms with E-state index in [0.29, 0.717) is 6.42 Å². The predicted molar refractivity (Wildman–Crippen MR) is 96.6 cm³/mol. The smallest absolute Gasteiger partial charge is 0.253 e. The highest BCUT2D eigenvalue weighted by atomic mass is 16.2. The van der Waals surface area contributed by atoms with E-state index in [-0.39, 0.29) is 42.1 Å². The Morgan fingerprint density at radius 3 is 2.24 bits per heavy atom. The van der Waals surface area contributed by atoms with Crippen LogP contribution in [0.5, 0.6) is 0 Å². The molecule has 0 fully saturated rings. The van der Waals surface area contributed by atoms with E-state index in [2.05, 4.69) is 26.1 Å². The van der Waals surface area contributed by atoms with Crippen molar-refractivity contribution in [2.24, 2.45) is 11.3 Å². The highest BCUT2D eigenvalue weighted by molar-refractivity contribution is 6.12. The van der Waals surface area contributed by atoms with Crippen LogP contribution in [0.4, 0.5) is 0 Å². The zero-order valence-electron chi connectivity index (χ0n) is 15.1. The summed E-state index contributed by atoms with van der Waals surface area (Å²) in [6.45, 7) is 6.82. The Balaban J connectivity index is 1.93. The fourth-order valence-corrected chi connectivity index (χ4v) is 2.98. The minimum Gasteiger partial charge on any atom is -0.354 e. The molecule has 1 heterocycles. The summed E-state index contributed by atoms with van der Waals surface area (Å²) in [4.78, 5) is 36.8. The molecule has 1 atom stereocenters. The van der Waals surface area contributed by atoms with Crippen LogP contribution in [0.2, 0.25) is 0 Å². The number of rotatable bonds is 7. The molecule has 0 radical (unpaired) electrons. The summed E-state index contributed by atoms with van der Waals surface area (Å²) in [6, 6.07) is 9.95. The summed E-state index contributed by atoms with van der Waals surface area (Å²) in [5.41, 5.74) is 1.16. The molecule has 0 aromatic heterocycles. The van der Waals surface area contributed by atoms with Crippen molar-refractivity contribution in [1.29, 1.82) is 0 Å². The number of benzene rings is 1. The van der Waals surface area contributed by atoms with Crippen molar-refractivity contribution in [2.75, 3.05) is 13.1 Å². The monoisotopic (exact) mass is 342 g/mol. The largest absolute Gasteiger partial charge is 0.354 e. The van der Waals surface area contributed by atoms with Crippen molar-refractivity contribution in [3.63, 3.8) is 0 Å². The normalized spacial score (nSPS) is 15.6. The Hall–Kier alpha value is -2.43. The minimum atomic E-state index is -0.324. The number of hydrogen-bond acceptors (Lipinski definition) is 3. The molecule has 5 nitrogen and oxygen atoms in total. The van der Waals surface area contributed by atoms with Gasteiger partial charge in [0, 0.05) is 31.2 Å². The maximum Gasteiger partial charge on any atom is 0.253 e. The Labute approximate surface area is 149 Å². The molecule has 0 saturated heterocycles. The van der Waals surface area contributed by atoms with Crippen molar-refractivity contribution >= 4 is 17.7 Å². The highest BCUT2D eigenvalue weighted by Crippen LogP contribution is 2.27. The van der Waals surface area contributed by atoms with E-state index >= 15 is 0 Å². The third-order valence-electron chi connectivity index (χ3n) is 4.09. The van der Waals surface area contributed by atoms with Crippen molar-refractivity contribution < 1.29 is 14.4 Å². The van der Waals surface area contributed by atoms with Gasteiger partial charge in [0.2, 0.25) is 5.91 Å². The molecule has 134 valence electrons. The van der Waals surface area contributed by atoms with Gasteiger partial charge in [0.15, 0.2) is 0 Å². The summed E-state index contributed by atoms with van der Waals surface area (Å²) >= 11 is 0. The van der Waals surface area contributed by atoms with Gasteiger partial charge in [0.05, 0.1) is 0 Å². The van der Waals surface area contributed by atoms with Crippen LogP contribution in [0, 0.1) is 11.3 Å². The van der Waals surface area contributed by atoms with E-state index in [4.69, 9.17) is 0 Å². The van der Waals surface area contributed by atoms with Gasteiger partial charge in [-0.15, -0.1) is 0 Å². The van der Waals surface area contributed by atoms with E-state index in [1.807, 2.05) is 30.3 Å². The number of carbonyl (C=O) groups is 3. The summed E-state index contributed by atoms with van der Waals surface area (Å²) in [5.74, 6) is -0.833. The van der Waals surface area contributed by atoms with Crippen LogP contribution in [0.3, 0.4) is 0 Å². The van der Waals surface area contributed by atoms with Gasteiger partial charge in [-0.05, 0) is 23.8 Å². The lowest BCUT2D eigenvalue weighted by Gasteiger charge is -2.26. The molecule has 0 unspecified atom stereocenters. The van der Waals surface area contributed by atoms with Gasteiger partial charge in [-0.1, -0.05) is 51.1 Å². The van der Waals surface area contributed by atoms with E-state index in [1.54, 1.807) is 0 Å². The van der Waals surface area contributed by atoms with Crippen molar-refractivity contribution in [2.45, 2.75) is 33.6 Å². The van der Waals surface area contributed by atoms with Crippen LogP contribution in [-0.4, -0.2) is 35.7 Å². The van der Waals surface area contributed by atoms with Crippen molar-refractivity contribution in [3.8, 4) is 0 Å². The van der Waals surface area contributed by atoms with Gasteiger partial charge < -0.3 is 5.32 Å². The van der Waals surface area contributed by atoms with Crippen LogP contribution in [-0.2, 0) is 20.8 Å². The van der Waals surface area contributed by atoms with Crippen LogP contribution < -0.4 is 5.32 Å². The Kier molecular flexibility index (Phi) is 6.12. The second-order valence-corrected chi connectivity index (χ2v) is 7.60. The lowest BCUT2D eigenvalue weighted by molar-refractivity contribution is -0.137. The molecular formula is C20H26N2O3.